The molecule has 5 heteroatoms. The van der Waals surface area contributed by atoms with Gasteiger partial charge in [0.05, 0.1) is 19.6 Å². The first-order valence-electron chi connectivity index (χ1n) is 5.44. The van der Waals surface area contributed by atoms with Crippen molar-refractivity contribution < 1.29 is 14.4 Å². The molecule has 0 atom stereocenters. The SMILES string of the molecule is COCCONC(=O)Cc1ccccc1CN. The van der Waals surface area contributed by atoms with Gasteiger partial charge >= 0.3 is 0 Å². The maximum atomic E-state index is 11.5. The van der Waals surface area contributed by atoms with Crippen LogP contribution in [-0.4, -0.2) is 26.2 Å². The Hall–Kier alpha value is -1.43. The summed E-state index contributed by atoms with van der Waals surface area (Å²) in [5.74, 6) is -0.193. The predicted molar refractivity (Wildman–Crippen MR) is 64.0 cm³/mol. The first-order chi connectivity index (χ1) is 8.27. The lowest BCUT2D eigenvalue weighted by Crippen LogP contribution is -2.27. The number of benzene rings is 1. The number of methoxy groups -OCH3 is 1. The Morgan fingerprint density at radius 2 is 2.00 bits per heavy atom. The molecule has 0 aliphatic rings. The third-order valence-corrected chi connectivity index (χ3v) is 2.26. The summed E-state index contributed by atoms with van der Waals surface area (Å²) in [4.78, 5) is 16.5. The van der Waals surface area contributed by atoms with Gasteiger partial charge < -0.3 is 10.5 Å². The van der Waals surface area contributed by atoms with Crippen LogP contribution in [0.1, 0.15) is 11.1 Å². The molecule has 94 valence electrons. The third kappa shape index (κ3) is 4.95. The van der Waals surface area contributed by atoms with Crippen molar-refractivity contribution >= 4 is 5.91 Å². The number of hydrogen-bond donors (Lipinski definition) is 2. The van der Waals surface area contributed by atoms with Gasteiger partial charge in [-0.3, -0.25) is 9.63 Å². The maximum absolute atomic E-state index is 11.5. The van der Waals surface area contributed by atoms with Gasteiger partial charge in [0, 0.05) is 13.7 Å². The van der Waals surface area contributed by atoms with Gasteiger partial charge in [0.1, 0.15) is 0 Å². The fourth-order valence-electron chi connectivity index (χ4n) is 1.39. The Balaban J connectivity index is 2.39. The second-order valence-electron chi connectivity index (χ2n) is 3.52. The van der Waals surface area contributed by atoms with Crippen molar-refractivity contribution in [3.63, 3.8) is 0 Å². The fraction of sp³-hybridized carbons (Fsp3) is 0.417. The van der Waals surface area contributed by atoms with E-state index >= 15 is 0 Å². The van der Waals surface area contributed by atoms with Gasteiger partial charge in [-0.15, -0.1) is 0 Å². The van der Waals surface area contributed by atoms with Crippen molar-refractivity contribution in [2.45, 2.75) is 13.0 Å². The number of ether oxygens (including phenoxy) is 1. The molecule has 17 heavy (non-hydrogen) atoms. The molecule has 1 aromatic carbocycles. The van der Waals surface area contributed by atoms with Gasteiger partial charge in [0.15, 0.2) is 0 Å². The summed E-state index contributed by atoms with van der Waals surface area (Å²) in [5.41, 5.74) is 9.84. The average Bonchev–Trinajstić information content (AvgIpc) is 2.35. The summed E-state index contributed by atoms with van der Waals surface area (Å²) in [6.07, 6.45) is 0.264. The molecule has 0 radical (unpaired) electrons. The number of rotatable bonds is 7. The number of amides is 1. The maximum Gasteiger partial charge on any atom is 0.247 e. The highest BCUT2D eigenvalue weighted by Crippen LogP contribution is 2.08. The summed E-state index contributed by atoms with van der Waals surface area (Å²) in [7, 11) is 1.57. The molecule has 0 unspecified atom stereocenters. The van der Waals surface area contributed by atoms with E-state index in [4.69, 9.17) is 15.3 Å². The number of carbonyl (C=O) groups excluding carboxylic acids is 1. The minimum Gasteiger partial charge on any atom is -0.382 e. The van der Waals surface area contributed by atoms with Gasteiger partial charge in [-0.1, -0.05) is 24.3 Å². The Bertz CT molecular complexity index is 355. The molecule has 0 aromatic heterocycles. The monoisotopic (exact) mass is 238 g/mol. The number of nitrogens with two attached hydrogens (primary N) is 1. The third-order valence-electron chi connectivity index (χ3n) is 2.26. The standard InChI is InChI=1S/C12H18N2O3/c1-16-6-7-17-14-12(15)8-10-4-2-3-5-11(10)9-13/h2-5H,6-9,13H2,1H3,(H,14,15). The van der Waals surface area contributed by atoms with Crippen LogP contribution in [0.2, 0.25) is 0 Å². The second-order valence-corrected chi connectivity index (χ2v) is 3.52. The molecule has 0 spiro atoms. The van der Waals surface area contributed by atoms with Crippen LogP contribution in [0.15, 0.2) is 24.3 Å². The Kier molecular flexibility index (Phi) is 6.24. The summed E-state index contributed by atoms with van der Waals surface area (Å²) >= 11 is 0. The Labute approximate surface area is 101 Å². The van der Waals surface area contributed by atoms with E-state index in [2.05, 4.69) is 5.48 Å². The molecule has 0 aliphatic heterocycles. The molecule has 1 rings (SSSR count). The zero-order valence-corrected chi connectivity index (χ0v) is 9.94. The fourth-order valence-corrected chi connectivity index (χ4v) is 1.39. The summed E-state index contributed by atoms with van der Waals surface area (Å²) < 4.78 is 4.79. The van der Waals surface area contributed by atoms with Gasteiger partial charge in [0.25, 0.3) is 0 Å². The van der Waals surface area contributed by atoms with Crippen molar-refractivity contribution in [1.29, 1.82) is 0 Å². The van der Waals surface area contributed by atoms with Crippen molar-refractivity contribution in [2.75, 3.05) is 20.3 Å². The highest BCUT2D eigenvalue weighted by atomic mass is 16.7. The van der Waals surface area contributed by atoms with E-state index in [1.807, 2.05) is 24.3 Å². The summed E-state index contributed by atoms with van der Waals surface area (Å²) in [6, 6.07) is 7.58. The van der Waals surface area contributed by atoms with Crippen LogP contribution in [0.4, 0.5) is 0 Å². The van der Waals surface area contributed by atoms with Crippen LogP contribution < -0.4 is 11.2 Å². The minimum absolute atomic E-state index is 0.193. The first kappa shape index (κ1) is 13.6. The lowest BCUT2D eigenvalue weighted by molar-refractivity contribution is -0.133. The van der Waals surface area contributed by atoms with E-state index in [0.29, 0.717) is 19.8 Å². The summed E-state index contributed by atoms with van der Waals surface area (Å²) in [5, 5.41) is 0. The van der Waals surface area contributed by atoms with Crippen LogP contribution in [-0.2, 0) is 27.3 Å². The molecule has 5 nitrogen and oxygen atoms in total. The van der Waals surface area contributed by atoms with E-state index in [0.717, 1.165) is 11.1 Å². The zero-order chi connectivity index (χ0) is 12.5. The zero-order valence-electron chi connectivity index (χ0n) is 9.94. The Morgan fingerprint density at radius 1 is 1.29 bits per heavy atom. The van der Waals surface area contributed by atoms with Crippen LogP contribution >= 0.6 is 0 Å². The second kappa shape index (κ2) is 7.78. The predicted octanol–water partition coefficient (Wildman–Crippen LogP) is 0.382. The molecular formula is C12H18N2O3. The highest BCUT2D eigenvalue weighted by molar-refractivity contribution is 5.77. The summed E-state index contributed by atoms with van der Waals surface area (Å²) in [6.45, 7) is 1.20. The van der Waals surface area contributed by atoms with Crippen molar-refractivity contribution in [3.8, 4) is 0 Å². The number of hydrogen-bond acceptors (Lipinski definition) is 4. The molecule has 0 fully saturated rings. The molecule has 3 N–H and O–H groups in total. The number of carbonyl (C=O) groups is 1. The lowest BCUT2D eigenvalue weighted by atomic mass is 10.0. The van der Waals surface area contributed by atoms with E-state index in [1.165, 1.54) is 0 Å². The van der Waals surface area contributed by atoms with Crippen molar-refractivity contribution in [3.05, 3.63) is 35.4 Å². The normalized spacial score (nSPS) is 10.2. The van der Waals surface area contributed by atoms with Gasteiger partial charge in [-0.2, -0.15) is 0 Å². The first-order valence-corrected chi connectivity index (χ1v) is 5.44. The average molecular weight is 238 g/mol. The molecule has 0 aliphatic carbocycles. The van der Waals surface area contributed by atoms with Crippen LogP contribution in [0.25, 0.3) is 0 Å². The van der Waals surface area contributed by atoms with Crippen LogP contribution in [0, 0.1) is 0 Å². The minimum atomic E-state index is -0.193. The quantitative estimate of drug-likeness (QED) is 0.532. The number of nitrogens with one attached hydrogen (secondary N) is 1. The van der Waals surface area contributed by atoms with E-state index in [1.54, 1.807) is 7.11 Å². The van der Waals surface area contributed by atoms with E-state index in [9.17, 15) is 4.79 Å². The smallest absolute Gasteiger partial charge is 0.247 e. The molecule has 1 amide bonds. The topological polar surface area (TPSA) is 73.6 Å². The van der Waals surface area contributed by atoms with Gasteiger partial charge in [0.2, 0.25) is 5.91 Å². The molecule has 0 heterocycles. The number of hydroxylamine groups is 1. The van der Waals surface area contributed by atoms with Crippen molar-refractivity contribution in [1.82, 2.24) is 5.48 Å². The molecule has 0 bridgehead atoms. The molecule has 1 aromatic rings. The van der Waals surface area contributed by atoms with E-state index in [-0.39, 0.29) is 12.3 Å². The largest absolute Gasteiger partial charge is 0.382 e. The van der Waals surface area contributed by atoms with Crippen LogP contribution in [0.3, 0.4) is 0 Å². The van der Waals surface area contributed by atoms with Gasteiger partial charge in [-0.05, 0) is 11.1 Å². The van der Waals surface area contributed by atoms with E-state index < -0.39 is 0 Å². The van der Waals surface area contributed by atoms with Crippen molar-refractivity contribution in [2.24, 2.45) is 5.73 Å². The molecular weight excluding hydrogens is 220 g/mol. The molecule has 0 saturated heterocycles. The van der Waals surface area contributed by atoms with Crippen LogP contribution in [0.5, 0.6) is 0 Å². The lowest BCUT2D eigenvalue weighted by Gasteiger charge is -2.08. The molecule has 0 saturated carbocycles. The van der Waals surface area contributed by atoms with Gasteiger partial charge in [-0.25, -0.2) is 5.48 Å². The highest BCUT2D eigenvalue weighted by Gasteiger charge is 2.06. The Morgan fingerprint density at radius 3 is 2.65 bits per heavy atom.